The van der Waals surface area contributed by atoms with Gasteiger partial charge < -0.3 is 19.3 Å². The van der Waals surface area contributed by atoms with Crippen molar-refractivity contribution in [2.45, 2.75) is 45.6 Å². The molecule has 3 aromatic rings. The molecule has 0 atom stereocenters. The van der Waals surface area contributed by atoms with Crippen LogP contribution in [0.4, 0.5) is 0 Å². The number of carboxylic acid groups (broad SMARTS) is 1. The lowest BCUT2D eigenvalue weighted by atomic mass is 10.1. The van der Waals surface area contributed by atoms with Crippen LogP contribution in [0.2, 0.25) is 10.0 Å². The zero-order valence-electron chi connectivity index (χ0n) is 19.9. The molecule has 0 spiro atoms. The minimum atomic E-state index is -0.927. The summed E-state index contributed by atoms with van der Waals surface area (Å²) in [5.41, 5.74) is 2.46. The fourth-order valence-electron chi connectivity index (χ4n) is 3.59. The van der Waals surface area contributed by atoms with Gasteiger partial charge >= 0.3 is 5.97 Å². The van der Waals surface area contributed by atoms with Crippen LogP contribution in [0.1, 0.15) is 43.0 Å². The number of aromatic nitrogens is 2. The fourth-order valence-corrected chi connectivity index (χ4v) is 4.05. The van der Waals surface area contributed by atoms with E-state index in [1.54, 1.807) is 30.3 Å². The third-order valence-corrected chi connectivity index (χ3v) is 5.96. The Bertz CT molecular complexity index is 1130. The van der Waals surface area contributed by atoms with Gasteiger partial charge in [-0.25, -0.2) is 0 Å². The number of methoxy groups -OCH3 is 1. The number of halogens is 2. The molecule has 1 heterocycles. The molecule has 0 aliphatic rings. The van der Waals surface area contributed by atoms with E-state index in [2.05, 4.69) is 12.0 Å². The fraction of sp³-hybridized carbons (Fsp3) is 0.385. The lowest BCUT2D eigenvalue weighted by molar-refractivity contribution is -0.136. The molecular formula is C26H30Cl2N2O5. The van der Waals surface area contributed by atoms with E-state index in [1.165, 1.54) is 7.11 Å². The maximum atomic E-state index is 11.2. The molecule has 2 aromatic carbocycles. The number of para-hydroxylation sites is 1. The van der Waals surface area contributed by atoms with Crippen LogP contribution in [0.5, 0.6) is 17.4 Å². The quantitative estimate of drug-likeness (QED) is 0.260. The van der Waals surface area contributed by atoms with Crippen molar-refractivity contribution in [3.8, 4) is 17.4 Å². The number of nitrogens with zero attached hydrogens (tertiary/aromatic N) is 2. The van der Waals surface area contributed by atoms with Crippen molar-refractivity contribution in [1.29, 1.82) is 0 Å². The minimum absolute atomic E-state index is 0.139. The zero-order valence-corrected chi connectivity index (χ0v) is 21.4. The predicted molar refractivity (Wildman–Crippen MR) is 136 cm³/mol. The third-order valence-electron chi connectivity index (χ3n) is 5.37. The normalized spacial score (nSPS) is 10.9. The molecule has 0 aliphatic heterocycles. The first-order valence-electron chi connectivity index (χ1n) is 11.5. The maximum Gasteiger partial charge on any atom is 0.307 e. The molecule has 1 N–H and O–H groups in total. The van der Waals surface area contributed by atoms with Crippen molar-refractivity contribution in [3.05, 3.63) is 69.3 Å². The van der Waals surface area contributed by atoms with E-state index in [-0.39, 0.29) is 6.42 Å². The molecule has 7 nitrogen and oxygen atoms in total. The second-order valence-corrected chi connectivity index (χ2v) is 8.88. The van der Waals surface area contributed by atoms with Crippen LogP contribution in [0.15, 0.2) is 42.5 Å². The summed E-state index contributed by atoms with van der Waals surface area (Å²) in [4.78, 5) is 11.2. The first-order valence-corrected chi connectivity index (χ1v) is 12.3. The Morgan fingerprint density at radius 1 is 1.06 bits per heavy atom. The number of ether oxygens (including phenoxy) is 3. The minimum Gasteiger partial charge on any atom is -0.493 e. The highest BCUT2D eigenvalue weighted by molar-refractivity contribution is 6.35. The Hall–Kier alpha value is -2.90. The summed E-state index contributed by atoms with van der Waals surface area (Å²) >= 11 is 12.4. The van der Waals surface area contributed by atoms with Crippen LogP contribution in [0, 0.1) is 0 Å². The number of aliphatic carboxylic acids is 1. The first-order chi connectivity index (χ1) is 16.9. The number of carboxylic acids is 1. The second-order valence-electron chi connectivity index (χ2n) is 8.04. The lowest BCUT2D eigenvalue weighted by Gasteiger charge is -2.14. The van der Waals surface area contributed by atoms with E-state index in [0.29, 0.717) is 65.6 Å². The van der Waals surface area contributed by atoms with Crippen LogP contribution >= 0.6 is 23.2 Å². The summed E-state index contributed by atoms with van der Waals surface area (Å²) in [5.74, 6) is 0.622. The molecule has 3 rings (SSSR count). The summed E-state index contributed by atoms with van der Waals surface area (Å²) in [5, 5.41) is 15.0. The second kappa shape index (κ2) is 13.3. The van der Waals surface area contributed by atoms with Gasteiger partial charge in [0.15, 0.2) is 11.5 Å². The van der Waals surface area contributed by atoms with Gasteiger partial charge in [0.05, 0.1) is 33.3 Å². The van der Waals surface area contributed by atoms with E-state index >= 15 is 0 Å². The number of aryl methyl sites for hydroxylation is 1. The van der Waals surface area contributed by atoms with E-state index in [9.17, 15) is 9.90 Å². The highest BCUT2D eigenvalue weighted by atomic mass is 35.5. The molecule has 0 radical (unpaired) electrons. The largest absolute Gasteiger partial charge is 0.493 e. The molecule has 0 amide bonds. The number of rotatable bonds is 14. The van der Waals surface area contributed by atoms with Gasteiger partial charge in [-0.3, -0.25) is 9.48 Å². The standard InChI is InChI=1S/C26H30Cl2N2O5/c1-3-4-12-34-24-16-21(30(29-24)17-19-10-11-20(27)15-22(19)28)8-6-13-35-26-18(14-25(31)32)7-5-9-23(26)33-2/h5,7,9-11,15-16H,3-4,6,8,12-14,17H2,1-2H3,(H,31,32). The average molecular weight is 521 g/mol. The van der Waals surface area contributed by atoms with Gasteiger partial charge in [-0.2, -0.15) is 0 Å². The van der Waals surface area contributed by atoms with Crippen molar-refractivity contribution in [2.75, 3.05) is 20.3 Å². The van der Waals surface area contributed by atoms with Gasteiger partial charge in [0.1, 0.15) is 0 Å². The van der Waals surface area contributed by atoms with Crippen molar-refractivity contribution in [1.82, 2.24) is 9.78 Å². The molecule has 0 saturated carbocycles. The SMILES string of the molecule is CCCCOc1cc(CCCOc2c(CC(=O)O)cccc2OC)n(Cc2ccc(Cl)cc2Cl)n1. The number of benzene rings is 2. The van der Waals surface area contributed by atoms with E-state index in [4.69, 9.17) is 37.4 Å². The van der Waals surface area contributed by atoms with Crippen LogP contribution in [0.3, 0.4) is 0 Å². The molecule has 188 valence electrons. The highest BCUT2D eigenvalue weighted by Gasteiger charge is 2.15. The Labute approximate surface area is 215 Å². The topological polar surface area (TPSA) is 82.8 Å². The Kier molecular flexibility index (Phi) is 10.1. The Morgan fingerprint density at radius 3 is 2.57 bits per heavy atom. The van der Waals surface area contributed by atoms with Gasteiger partial charge in [0.2, 0.25) is 5.88 Å². The van der Waals surface area contributed by atoms with Gasteiger partial charge in [-0.05, 0) is 43.0 Å². The summed E-state index contributed by atoms with van der Waals surface area (Å²) in [7, 11) is 1.53. The Balaban J connectivity index is 1.70. The van der Waals surface area contributed by atoms with E-state index in [0.717, 1.165) is 24.1 Å². The van der Waals surface area contributed by atoms with E-state index in [1.807, 2.05) is 16.8 Å². The summed E-state index contributed by atoms with van der Waals surface area (Å²) in [6, 6.07) is 12.6. The zero-order chi connectivity index (χ0) is 25.2. The van der Waals surface area contributed by atoms with Gasteiger partial charge in [-0.1, -0.05) is 54.7 Å². The summed E-state index contributed by atoms with van der Waals surface area (Å²) < 4.78 is 19.0. The predicted octanol–water partition coefficient (Wildman–Crippen LogP) is 6.06. The molecule has 0 aliphatic carbocycles. The van der Waals surface area contributed by atoms with Crippen molar-refractivity contribution in [2.24, 2.45) is 0 Å². The molecule has 0 bridgehead atoms. The van der Waals surface area contributed by atoms with Crippen molar-refractivity contribution >= 4 is 29.2 Å². The Morgan fingerprint density at radius 2 is 1.86 bits per heavy atom. The van der Waals surface area contributed by atoms with Crippen molar-refractivity contribution in [3.63, 3.8) is 0 Å². The maximum absolute atomic E-state index is 11.2. The first kappa shape index (κ1) is 26.7. The molecule has 0 fully saturated rings. The van der Waals surface area contributed by atoms with Gasteiger partial charge in [0.25, 0.3) is 0 Å². The number of unbranched alkanes of at least 4 members (excludes halogenated alkanes) is 1. The number of carbonyl (C=O) groups is 1. The van der Waals surface area contributed by atoms with Gasteiger partial charge in [-0.15, -0.1) is 5.10 Å². The molecule has 1 aromatic heterocycles. The number of hydrogen-bond acceptors (Lipinski definition) is 5. The van der Waals surface area contributed by atoms with Crippen LogP contribution in [-0.2, 0) is 24.2 Å². The molecular weight excluding hydrogens is 491 g/mol. The van der Waals surface area contributed by atoms with E-state index < -0.39 is 5.97 Å². The molecule has 0 saturated heterocycles. The van der Waals surface area contributed by atoms with Gasteiger partial charge in [0, 0.05) is 27.4 Å². The molecule has 0 unspecified atom stereocenters. The summed E-state index contributed by atoms with van der Waals surface area (Å²) in [6.45, 7) is 3.59. The smallest absolute Gasteiger partial charge is 0.307 e. The number of hydrogen-bond donors (Lipinski definition) is 1. The van der Waals surface area contributed by atoms with Crippen molar-refractivity contribution < 1.29 is 24.1 Å². The average Bonchev–Trinajstić information content (AvgIpc) is 3.20. The highest BCUT2D eigenvalue weighted by Crippen LogP contribution is 2.32. The van der Waals surface area contributed by atoms with Crippen LogP contribution < -0.4 is 14.2 Å². The molecule has 35 heavy (non-hydrogen) atoms. The molecule has 9 heteroatoms. The lowest BCUT2D eigenvalue weighted by Crippen LogP contribution is -2.10. The monoisotopic (exact) mass is 520 g/mol. The van der Waals surface area contributed by atoms with Crippen LogP contribution in [0.25, 0.3) is 0 Å². The third kappa shape index (κ3) is 7.80. The summed E-state index contributed by atoms with van der Waals surface area (Å²) in [6.07, 6.45) is 3.21. The van der Waals surface area contributed by atoms with Crippen LogP contribution in [-0.4, -0.2) is 41.2 Å².